The molecule has 0 N–H and O–H groups in total. The number of halogens is 2. The van der Waals surface area contributed by atoms with E-state index in [1.807, 2.05) is 6.07 Å². The van der Waals surface area contributed by atoms with Gasteiger partial charge in [-0.3, -0.25) is 9.00 Å². The molecule has 0 atom stereocenters. The second-order valence-electron chi connectivity index (χ2n) is 3.80. The van der Waals surface area contributed by atoms with Crippen LogP contribution < -0.4 is 0 Å². The third kappa shape index (κ3) is 3.39. The standard InChI is InChI=1S/C11H11Br2NO2S/c12-9-5-8(6-10(13)7-9)11(15)14-1-3-17(16)4-2-14/h5-7H,1-4H2. The molecule has 2 rings (SSSR count). The number of amides is 1. The molecule has 17 heavy (non-hydrogen) atoms. The van der Waals surface area contributed by atoms with Crippen molar-refractivity contribution < 1.29 is 9.00 Å². The topological polar surface area (TPSA) is 37.4 Å². The largest absolute Gasteiger partial charge is 0.337 e. The van der Waals surface area contributed by atoms with E-state index in [0.717, 1.165) is 8.95 Å². The Morgan fingerprint density at radius 2 is 1.65 bits per heavy atom. The van der Waals surface area contributed by atoms with Gasteiger partial charge in [-0.15, -0.1) is 0 Å². The first-order valence-corrected chi connectivity index (χ1v) is 8.24. The minimum absolute atomic E-state index is 0.00343. The Morgan fingerprint density at radius 3 is 2.18 bits per heavy atom. The summed E-state index contributed by atoms with van der Waals surface area (Å²) in [4.78, 5) is 14.0. The van der Waals surface area contributed by atoms with Gasteiger partial charge < -0.3 is 4.90 Å². The fraction of sp³-hybridized carbons (Fsp3) is 0.364. The zero-order chi connectivity index (χ0) is 12.4. The molecule has 6 heteroatoms. The normalized spacial score (nSPS) is 17.2. The summed E-state index contributed by atoms with van der Waals surface area (Å²) in [5, 5.41) is 0. The van der Waals surface area contributed by atoms with Gasteiger partial charge in [-0.2, -0.15) is 0 Å². The number of hydrogen-bond donors (Lipinski definition) is 0. The molecule has 0 aromatic heterocycles. The number of carbonyl (C=O) groups is 1. The van der Waals surface area contributed by atoms with Crippen LogP contribution in [0.5, 0.6) is 0 Å². The highest BCUT2D eigenvalue weighted by atomic mass is 79.9. The first kappa shape index (κ1) is 13.2. The lowest BCUT2D eigenvalue weighted by Crippen LogP contribution is -2.41. The molecule has 0 bridgehead atoms. The van der Waals surface area contributed by atoms with Gasteiger partial charge in [0.1, 0.15) is 0 Å². The number of nitrogens with zero attached hydrogens (tertiary/aromatic N) is 1. The molecule has 0 radical (unpaired) electrons. The van der Waals surface area contributed by atoms with E-state index in [-0.39, 0.29) is 5.91 Å². The van der Waals surface area contributed by atoms with Crippen LogP contribution >= 0.6 is 31.9 Å². The van der Waals surface area contributed by atoms with Gasteiger partial charge in [-0.25, -0.2) is 0 Å². The van der Waals surface area contributed by atoms with E-state index in [1.54, 1.807) is 17.0 Å². The zero-order valence-electron chi connectivity index (χ0n) is 8.99. The minimum Gasteiger partial charge on any atom is -0.337 e. The Hall–Kier alpha value is -0.200. The van der Waals surface area contributed by atoms with Crippen LogP contribution in [0.2, 0.25) is 0 Å². The van der Waals surface area contributed by atoms with Crippen molar-refractivity contribution in [2.75, 3.05) is 24.6 Å². The van der Waals surface area contributed by atoms with Gasteiger partial charge in [0, 0.05) is 49.9 Å². The first-order chi connectivity index (χ1) is 8.06. The molecule has 92 valence electrons. The van der Waals surface area contributed by atoms with Crippen LogP contribution in [0.3, 0.4) is 0 Å². The number of rotatable bonds is 1. The fourth-order valence-electron chi connectivity index (χ4n) is 1.70. The van der Waals surface area contributed by atoms with E-state index in [2.05, 4.69) is 31.9 Å². The van der Waals surface area contributed by atoms with Gasteiger partial charge in [-0.1, -0.05) is 31.9 Å². The summed E-state index contributed by atoms with van der Waals surface area (Å²) < 4.78 is 13.0. The molecular formula is C11H11Br2NO2S. The summed E-state index contributed by atoms with van der Waals surface area (Å²) in [5.41, 5.74) is 0.652. The zero-order valence-corrected chi connectivity index (χ0v) is 13.0. The number of hydrogen-bond acceptors (Lipinski definition) is 2. The van der Waals surface area contributed by atoms with Gasteiger partial charge in [0.05, 0.1) is 0 Å². The van der Waals surface area contributed by atoms with Crippen molar-refractivity contribution >= 4 is 48.6 Å². The summed E-state index contributed by atoms with van der Waals surface area (Å²) in [7, 11) is -0.755. The molecule has 1 aromatic carbocycles. The Morgan fingerprint density at radius 1 is 1.12 bits per heavy atom. The predicted octanol–water partition coefficient (Wildman–Crippen LogP) is 2.42. The van der Waals surface area contributed by atoms with Crippen LogP contribution in [0.1, 0.15) is 10.4 Å². The molecular weight excluding hydrogens is 370 g/mol. The quantitative estimate of drug-likeness (QED) is 0.750. The predicted molar refractivity (Wildman–Crippen MR) is 75.6 cm³/mol. The van der Waals surface area contributed by atoms with Gasteiger partial charge in [0.25, 0.3) is 5.91 Å². The summed E-state index contributed by atoms with van der Waals surface area (Å²) in [6.45, 7) is 1.16. The molecule has 1 heterocycles. The van der Waals surface area contributed by atoms with E-state index in [0.29, 0.717) is 30.2 Å². The third-order valence-corrected chi connectivity index (χ3v) is 4.77. The van der Waals surface area contributed by atoms with Crippen molar-refractivity contribution in [2.24, 2.45) is 0 Å². The van der Waals surface area contributed by atoms with Crippen LogP contribution in [0.25, 0.3) is 0 Å². The lowest BCUT2D eigenvalue weighted by atomic mass is 10.2. The van der Waals surface area contributed by atoms with Crippen molar-refractivity contribution in [3.63, 3.8) is 0 Å². The summed E-state index contributed by atoms with van der Waals surface area (Å²) in [5.74, 6) is 1.17. The lowest BCUT2D eigenvalue weighted by Gasteiger charge is -2.26. The Balaban J connectivity index is 2.16. The number of benzene rings is 1. The van der Waals surface area contributed by atoms with Crippen molar-refractivity contribution in [1.29, 1.82) is 0 Å². The number of carbonyl (C=O) groups excluding carboxylic acids is 1. The van der Waals surface area contributed by atoms with Gasteiger partial charge in [0.2, 0.25) is 0 Å². The van der Waals surface area contributed by atoms with Crippen molar-refractivity contribution in [1.82, 2.24) is 4.90 Å². The average Bonchev–Trinajstić information content (AvgIpc) is 2.28. The maximum absolute atomic E-state index is 12.2. The molecule has 1 aromatic rings. The van der Waals surface area contributed by atoms with Gasteiger partial charge in [-0.05, 0) is 18.2 Å². The highest BCUT2D eigenvalue weighted by molar-refractivity contribution is 9.11. The molecule has 0 unspecified atom stereocenters. The second kappa shape index (κ2) is 5.63. The van der Waals surface area contributed by atoms with E-state index in [4.69, 9.17) is 0 Å². The van der Waals surface area contributed by atoms with E-state index >= 15 is 0 Å². The van der Waals surface area contributed by atoms with E-state index < -0.39 is 10.8 Å². The maximum atomic E-state index is 12.2. The monoisotopic (exact) mass is 379 g/mol. The highest BCUT2D eigenvalue weighted by Crippen LogP contribution is 2.21. The second-order valence-corrected chi connectivity index (χ2v) is 7.33. The van der Waals surface area contributed by atoms with Gasteiger partial charge in [0.15, 0.2) is 0 Å². The van der Waals surface area contributed by atoms with Crippen molar-refractivity contribution in [2.45, 2.75) is 0 Å². The summed E-state index contributed by atoms with van der Waals surface area (Å²) in [6, 6.07) is 5.50. The molecule has 3 nitrogen and oxygen atoms in total. The van der Waals surface area contributed by atoms with Crippen molar-refractivity contribution in [3.8, 4) is 0 Å². The third-order valence-electron chi connectivity index (χ3n) is 2.57. The molecule has 1 fully saturated rings. The fourth-order valence-corrected chi connectivity index (χ4v) is 4.05. The molecule has 1 aliphatic rings. The van der Waals surface area contributed by atoms with Crippen LogP contribution in [-0.4, -0.2) is 39.6 Å². The van der Waals surface area contributed by atoms with Crippen LogP contribution in [0, 0.1) is 0 Å². The summed E-state index contributed by atoms with van der Waals surface area (Å²) in [6.07, 6.45) is 0. The maximum Gasteiger partial charge on any atom is 0.253 e. The van der Waals surface area contributed by atoms with E-state index in [1.165, 1.54) is 0 Å². The molecule has 0 aliphatic carbocycles. The van der Waals surface area contributed by atoms with Crippen LogP contribution in [0.4, 0.5) is 0 Å². The highest BCUT2D eigenvalue weighted by Gasteiger charge is 2.21. The Bertz CT molecular complexity index is 448. The molecule has 0 spiro atoms. The smallest absolute Gasteiger partial charge is 0.253 e. The Labute approximate surface area is 119 Å². The molecule has 1 amide bonds. The minimum atomic E-state index is -0.755. The van der Waals surface area contributed by atoms with Crippen LogP contribution in [0.15, 0.2) is 27.1 Å². The molecule has 1 saturated heterocycles. The van der Waals surface area contributed by atoms with Gasteiger partial charge >= 0.3 is 0 Å². The van der Waals surface area contributed by atoms with Crippen LogP contribution in [-0.2, 0) is 10.8 Å². The van der Waals surface area contributed by atoms with E-state index in [9.17, 15) is 9.00 Å². The summed E-state index contributed by atoms with van der Waals surface area (Å²) >= 11 is 6.73. The molecule has 1 aliphatic heterocycles. The first-order valence-electron chi connectivity index (χ1n) is 5.16. The molecule has 0 saturated carbocycles. The average molecular weight is 381 g/mol. The van der Waals surface area contributed by atoms with Crippen molar-refractivity contribution in [3.05, 3.63) is 32.7 Å². The SMILES string of the molecule is O=C(c1cc(Br)cc(Br)c1)N1CCS(=O)CC1. The lowest BCUT2D eigenvalue weighted by molar-refractivity contribution is 0.0771. The Kier molecular flexibility index (Phi) is 4.38.